The Hall–Kier alpha value is -2.32. The molecule has 2 heterocycles. The zero-order chi connectivity index (χ0) is 18.7. The first kappa shape index (κ1) is 18.5. The molecule has 1 aromatic carbocycles. The Balaban J connectivity index is 1.64. The second-order valence-electron chi connectivity index (χ2n) is 6.59. The van der Waals surface area contributed by atoms with Crippen molar-refractivity contribution in [2.75, 3.05) is 19.3 Å². The van der Waals surface area contributed by atoms with Gasteiger partial charge in [0.15, 0.2) is 0 Å². The van der Waals surface area contributed by atoms with Crippen LogP contribution >= 0.6 is 0 Å². The highest BCUT2D eigenvalue weighted by Gasteiger charge is 2.25. The molecule has 1 aliphatic heterocycles. The number of sulfonamides is 1. The fraction of sp³-hybridized carbons (Fsp3) is 0.389. The zero-order valence-electron chi connectivity index (χ0n) is 14.5. The first-order valence-electron chi connectivity index (χ1n) is 8.42. The third kappa shape index (κ3) is 4.44. The summed E-state index contributed by atoms with van der Waals surface area (Å²) in [6, 6.07) is 6.60. The Morgan fingerprint density at radius 3 is 2.54 bits per heavy atom. The van der Waals surface area contributed by atoms with Crippen LogP contribution in [0.15, 0.2) is 36.7 Å². The number of nitrogens with zero attached hydrogens (tertiary/aromatic N) is 3. The van der Waals surface area contributed by atoms with Gasteiger partial charge in [0.2, 0.25) is 10.0 Å². The molecule has 0 saturated carbocycles. The average molecular weight is 375 g/mol. The molecule has 1 saturated heterocycles. The predicted molar refractivity (Wildman–Crippen MR) is 97.3 cm³/mol. The lowest BCUT2D eigenvalue weighted by Gasteiger charge is -2.29. The lowest BCUT2D eigenvalue weighted by Crippen LogP contribution is -2.38. The summed E-state index contributed by atoms with van der Waals surface area (Å²) in [5, 5.41) is 9.07. The summed E-state index contributed by atoms with van der Waals surface area (Å²) in [6.07, 6.45) is 7.01. The first-order valence-corrected chi connectivity index (χ1v) is 10.3. The summed E-state index contributed by atoms with van der Waals surface area (Å²) in [5.74, 6) is -0.583. The minimum absolute atomic E-state index is 0.214. The summed E-state index contributed by atoms with van der Waals surface area (Å²) in [6.45, 7) is 1.11. The van der Waals surface area contributed by atoms with Crippen molar-refractivity contribution in [1.29, 1.82) is 0 Å². The van der Waals surface area contributed by atoms with E-state index in [0.717, 1.165) is 25.0 Å². The largest absolute Gasteiger partial charge is 0.478 e. The molecule has 26 heavy (non-hydrogen) atoms. The highest BCUT2D eigenvalue weighted by molar-refractivity contribution is 7.88. The molecule has 3 rings (SSSR count). The average Bonchev–Trinajstić information content (AvgIpc) is 2.62. The van der Waals surface area contributed by atoms with E-state index in [0.29, 0.717) is 30.3 Å². The van der Waals surface area contributed by atoms with Gasteiger partial charge in [-0.15, -0.1) is 0 Å². The molecule has 0 unspecified atom stereocenters. The van der Waals surface area contributed by atoms with Crippen molar-refractivity contribution in [2.24, 2.45) is 5.92 Å². The van der Waals surface area contributed by atoms with Gasteiger partial charge in [0.25, 0.3) is 0 Å². The highest BCUT2D eigenvalue weighted by atomic mass is 32.2. The van der Waals surface area contributed by atoms with Crippen molar-refractivity contribution in [3.8, 4) is 11.3 Å². The van der Waals surface area contributed by atoms with E-state index in [1.165, 1.54) is 16.6 Å². The number of rotatable bonds is 5. The van der Waals surface area contributed by atoms with Crippen LogP contribution in [0.1, 0.15) is 28.9 Å². The summed E-state index contributed by atoms with van der Waals surface area (Å²) in [5.41, 5.74) is 2.42. The van der Waals surface area contributed by atoms with E-state index >= 15 is 0 Å². The van der Waals surface area contributed by atoms with Crippen LogP contribution in [0.25, 0.3) is 11.3 Å². The molecular formula is C18H21N3O4S. The molecule has 0 atom stereocenters. The highest BCUT2D eigenvalue weighted by Crippen LogP contribution is 2.23. The van der Waals surface area contributed by atoms with Gasteiger partial charge in [-0.25, -0.2) is 17.5 Å². The standard InChI is InChI=1S/C18H21N3O4S/c1-26(24,25)21-7-5-13(6-8-21)9-16-11-20-17(12-19-16)14-3-2-4-15(10-14)18(22)23/h2-4,10-13H,5-9H2,1H3,(H,22,23). The molecule has 1 aromatic heterocycles. The third-order valence-electron chi connectivity index (χ3n) is 4.65. The predicted octanol–water partition coefficient (Wildman–Crippen LogP) is 2.06. The van der Waals surface area contributed by atoms with Crippen LogP contribution in [-0.2, 0) is 16.4 Å². The second-order valence-corrected chi connectivity index (χ2v) is 8.57. The monoisotopic (exact) mass is 375 g/mol. The molecule has 0 spiro atoms. The Labute approximate surface area is 152 Å². The van der Waals surface area contributed by atoms with Gasteiger partial charge >= 0.3 is 5.97 Å². The van der Waals surface area contributed by atoms with Gasteiger partial charge in [-0.3, -0.25) is 9.97 Å². The number of carbonyl (C=O) groups is 1. The van der Waals surface area contributed by atoms with Crippen LogP contribution in [0.4, 0.5) is 0 Å². The second kappa shape index (κ2) is 7.51. The van der Waals surface area contributed by atoms with Gasteiger partial charge in [-0.1, -0.05) is 12.1 Å². The van der Waals surface area contributed by atoms with Crippen molar-refractivity contribution >= 4 is 16.0 Å². The summed E-state index contributed by atoms with van der Waals surface area (Å²) >= 11 is 0. The molecule has 2 aromatic rings. The molecule has 138 valence electrons. The van der Waals surface area contributed by atoms with E-state index < -0.39 is 16.0 Å². The van der Waals surface area contributed by atoms with Gasteiger partial charge in [-0.05, 0) is 37.3 Å². The first-order chi connectivity index (χ1) is 12.3. The van der Waals surface area contributed by atoms with Gasteiger partial charge in [0.05, 0.1) is 29.4 Å². The van der Waals surface area contributed by atoms with Crippen LogP contribution < -0.4 is 0 Å². The maximum atomic E-state index is 11.6. The number of aromatic carboxylic acids is 1. The number of carboxylic acid groups (broad SMARTS) is 1. The number of hydrogen-bond acceptors (Lipinski definition) is 5. The lowest BCUT2D eigenvalue weighted by atomic mass is 9.93. The fourth-order valence-corrected chi connectivity index (χ4v) is 4.04. The fourth-order valence-electron chi connectivity index (χ4n) is 3.16. The molecule has 1 aliphatic rings. The van der Waals surface area contributed by atoms with Crippen molar-refractivity contribution in [3.63, 3.8) is 0 Å². The minimum atomic E-state index is -3.10. The number of carboxylic acids is 1. The smallest absolute Gasteiger partial charge is 0.335 e. The Bertz CT molecular complexity index is 889. The SMILES string of the molecule is CS(=O)(=O)N1CCC(Cc2cnc(-c3cccc(C(=O)O)c3)cn2)CC1. The number of hydrogen-bond donors (Lipinski definition) is 1. The summed E-state index contributed by atoms with van der Waals surface area (Å²) in [7, 11) is -3.10. The maximum Gasteiger partial charge on any atom is 0.335 e. The van der Waals surface area contributed by atoms with Crippen LogP contribution in [0.3, 0.4) is 0 Å². The Morgan fingerprint density at radius 1 is 1.23 bits per heavy atom. The minimum Gasteiger partial charge on any atom is -0.478 e. The summed E-state index contributed by atoms with van der Waals surface area (Å²) < 4.78 is 24.6. The van der Waals surface area contributed by atoms with Crippen molar-refractivity contribution < 1.29 is 18.3 Å². The number of benzene rings is 1. The molecule has 8 heteroatoms. The molecule has 1 N–H and O–H groups in total. The van der Waals surface area contributed by atoms with E-state index in [-0.39, 0.29) is 5.56 Å². The van der Waals surface area contributed by atoms with Crippen LogP contribution in [0.2, 0.25) is 0 Å². The molecule has 0 bridgehead atoms. The van der Waals surface area contributed by atoms with Crippen molar-refractivity contribution in [1.82, 2.24) is 14.3 Å². The number of aromatic nitrogens is 2. The molecule has 0 amide bonds. The van der Waals surface area contributed by atoms with Gasteiger partial charge < -0.3 is 5.11 Å². The van der Waals surface area contributed by atoms with Gasteiger partial charge in [-0.2, -0.15) is 0 Å². The lowest BCUT2D eigenvalue weighted by molar-refractivity contribution is 0.0697. The Morgan fingerprint density at radius 2 is 1.96 bits per heavy atom. The normalized spacial score (nSPS) is 16.5. The maximum absolute atomic E-state index is 11.6. The molecule has 1 fully saturated rings. The molecule has 0 aliphatic carbocycles. The third-order valence-corrected chi connectivity index (χ3v) is 5.95. The van der Waals surface area contributed by atoms with Gasteiger partial charge in [0, 0.05) is 24.8 Å². The van der Waals surface area contributed by atoms with Crippen LogP contribution in [0, 0.1) is 5.92 Å². The quantitative estimate of drug-likeness (QED) is 0.858. The van der Waals surface area contributed by atoms with E-state index in [2.05, 4.69) is 9.97 Å². The van der Waals surface area contributed by atoms with Crippen molar-refractivity contribution in [2.45, 2.75) is 19.3 Å². The van der Waals surface area contributed by atoms with Crippen molar-refractivity contribution in [3.05, 3.63) is 47.9 Å². The Kier molecular flexibility index (Phi) is 5.33. The molecule has 0 radical (unpaired) electrons. The van der Waals surface area contributed by atoms with Crippen LogP contribution in [0.5, 0.6) is 0 Å². The van der Waals surface area contributed by atoms with E-state index in [9.17, 15) is 13.2 Å². The molecule has 7 nitrogen and oxygen atoms in total. The topological polar surface area (TPSA) is 100 Å². The van der Waals surface area contributed by atoms with Crippen LogP contribution in [-0.4, -0.2) is 53.1 Å². The molecular weight excluding hydrogens is 354 g/mol. The van der Waals surface area contributed by atoms with E-state index in [1.807, 2.05) is 0 Å². The summed E-state index contributed by atoms with van der Waals surface area (Å²) in [4.78, 5) is 19.9. The van der Waals surface area contributed by atoms with Gasteiger partial charge in [0.1, 0.15) is 0 Å². The number of piperidine rings is 1. The zero-order valence-corrected chi connectivity index (χ0v) is 15.3. The van der Waals surface area contributed by atoms with E-state index in [4.69, 9.17) is 5.11 Å². The van der Waals surface area contributed by atoms with E-state index in [1.54, 1.807) is 30.6 Å².